The first kappa shape index (κ1) is 12.2. The molecule has 0 aliphatic rings. The third-order valence-electron chi connectivity index (χ3n) is 2.89. The van der Waals surface area contributed by atoms with Crippen molar-refractivity contribution in [3.05, 3.63) is 64.8 Å². The molecule has 5 nitrogen and oxygen atoms in total. The molecule has 0 unspecified atom stereocenters. The number of H-pyrrole nitrogens is 1. The average molecular weight is 264 g/mol. The number of aromatic nitrogens is 4. The Bertz CT molecular complexity index is 779. The summed E-state index contributed by atoms with van der Waals surface area (Å²) in [7, 11) is 0. The van der Waals surface area contributed by atoms with E-state index in [2.05, 4.69) is 19.9 Å². The van der Waals surface area contributed by atoms with Gasteiger partial charge in [-0.2, -0.15) is 0 Å². The fourth-order valence-corrected chi connectivity index (χ4v) is 1.87. The van der Waals surface area contributed by atoms with E-state index in [4.69, 9.17) is 0 Å². The Balaban J connectivity index is 2.12. The summed E-state index contributed by atoms with van der Waals surface area (Å²) in [5.41, 5.74) is 3.00. The standard InChI is InChI=1S/C15H12N4O/c1-10-2-4-11(5-3-10)12-8-14(20)19-15(18-12)13-9-16-6-7-17-13/h2-9H,1H3,(H,18,19,20). The Labute approximate surface area is 115 Å². The molecule has 0 saturated carbocycles. The van der Waals surface area contributed by atoms with E-state index in [9.17, 15) is 4.79 Å². The van der Waals surface area contributed by atoms with Crippen LogP contribution in [0.1, 0.15) is 5.56 Å². The second-order valence-electron chi connectivity index (χ2n) is 4.44. The summed E-state index contributed by atoms with van der Waals surface area (Å²) in [6, 6.07) is 9.33. The number of rotatable bonds is 2. The van der Waals surface area contributed by atoms with Crippen LogP contribution in [0.15, 0.2) is 53.7 Å². The summed E-state index contributed by atoms with van der Waals surface area (Å²) in [6.45, 7) is 2.01. The van der Waals surface area contributed by atoms with Crippen molar-refractivity contribution < 1.29 is 0 Å². The summed E-state index contributed by atoms with van der Waals surface area (Å²) in [6.07, 6.45) is 4.70. The predicted octanol–water partition coefficient (Wildman–Crippen LogP) is 2.20. The van der Waals surface area contributed by atoms with Crippen LogP contribution in [-0.4, -0.2) is 19.9 Å². The second kappa shape index (κ2) is 5.05. The first-order chi connectivity index (χ1) is 9.72. The molecule has 1 aromatic carbocycles. The molecule has 0 radical (unpaired) electrons. The molecule has 0 aliphatic heterocycles. The Morgan fingerprint density at radius 3 is 2.55 bits per heavy atom. The average Bonchev–Trinajstić information content (AvgIpc) is 2.48. The monoisotopic (exact) mass is 264 g/mol. The van der Waals surface area contributed by atoms with Crippen molar-refractivity contribution in [1.29, 1.82) is 0 Å². The molecule has 0 spiro atoms. The Kier molecular flexibility index (Phi) is 3.09. The van der Waals surface area contributed by atoms with E-state index < -0.39 is 0 Å². The minimum absolute atomic E-state index is 0.212. The smallest absolute Gasteiger partial charge is 0.251 e. The van der Waals surface area contributed by atoms with E-state index in [1.165, 1.54) is 6.07 Å². The molecular formula is C15H12N4O. The maximum Gasteiger partial charge on any atom is 0.251 e. The number of aryl methyl sites for hydroxylation is 1. The van der Waals surface area contributed by atoms with Crippen LogP contribution < -0.4 is 5.56 Å². The van der Waals surface area contributed by atoms with E-state index in [-0.39, 0.29) is 5.56 Å². The fraction of sp³-hybridized carbons (Fsp3) is 0.0667. The Hall–Kier alpha value is -2.82. The van der Waals surface area contributed by atoms with Gasteiger partial charge in [-0.1, -0.05) is 29.8 Å². The lowest BCUT2D eigenvalue weighted by Crippen LogP contribution is -2.09. The van der Waals surface area contributed by atoms with Crippen LogP contribution in [0.5, 0.6) is 0 Å². The van der Waals surface area contributed by atoms with Crippen molar-refractivity contribution in [2.24, 2.45) is 0 Å². The van der Waals surface area contributed by atoms with Crippen molar-refractivity contribution in [3.8, 4) is 22.8 Å². The lowest BCUT2D eigenvalue weighted by Gasteiger charge is -2.04. The number of hydrogen-bond donors (Lipinski definition) is 1. The molecule has 0 bridgehead atoms. The molecule has 2 aromatic heterocycles. The van der Waals surface area contributed by atoms with Crippen LogP contribution in [-0.2, 0) is 0 Å². The SMILES string of the molecule is Cc1ccc(-c2cc(=O)[nH]c(-c3cnccn3)n2)cc1. The summed E-state index contributed by atoms with van der Waals surface area (Å²) in [5.74, 6) is 0.418. The minimum Gasteiger partial charge on any atom is -0.305 e. The van der Waals surface area contributed by atoms with Crippen LogP contribution in [0.3, 0.4) is 0 Å². The maximum atomic E-state index is 11.8. The van der Waals surface area contributed by atoms with Gasteiger partial charge < -0.3 is 4.98 Å². The maximum absolute atomic E-state index is 11.8. The first-order valence-corrected chi connectivity index (χ1v) is 6.17. The van der Waals surface area contributed by atoms with Crippen LogP contribution in [0.4, 0.5) is 0 Å². The van der Waals surface area contributed by atoms with Gasteiger partial charge in [0.15, 0.2) is 5.82 Å². The molecule has 2 heterocycles. The molecular weight excluding hydrogens is 252 g/mol. The highest BCUT2D eigenvalue weighted by Crippen LogP contribution is 2.18. The van der Waals surface area contributed by atoms with Crippen molar-refractivity contribution in [3.63, 3.8) is 0 Å². The molecule has 3 aromatic rings. The van der Waals surface area contributed by atoms with E-state index in [0.29, 0.717) is 17.2 Å². The molecule has 0 fully saturated rings. The van der Waals surface area contributed by atoms with Gasteiger partial charge in [-0.25, -0.2) is 9.97 Å². The van der Waals surface area contributed by atoms with Crippen molar-refractivity contribution >= 4 is 0 Å². The fourth-order valence-electron chi connectivity index (χ4n) is 1.87. The molecule has 20 heavy (non-hydrogen) atoms. The zero-order valence-electron chi connectivity index (χ0n) is 10.9. The van der Waals surface area contributed by atoms with Crippen LogP contribution in [0, 0.1) is 6.92 Å². The van der Waals surface area contributed by atoms with Crippen LogP contribution in [0.25, 0.3) is 22.8 Å². The topological polar surface area (TPSA) is 71.5 Å². The highest BCUT2D eigenvalue weighted by molar-refractivity contribution is 5.61. The first-order valence-electron chi connectivity index (χ1n) is 6.17. The normalized spacial score (nSPS) is 10.4. The zero-order chi connectivity index (χ0) is 13.9. The molecule has 0 amide bonds. The van der Waals surface area contributed by atoms with Crippen molar-refractivity contribution in [2.45, 2.75) is 6.92 Å². The molecule has 0 atom stereocenters. The Morgan fingerprint density at radius 2 is 1.85 bits per heavy atom. The number of hydrogen-bond acceptors (Lipinski definition) is 4. The van der Waals surface area contributed by atoms with Gasteiger partial charge in [-0.3, -0.25) is 9.78 Å². The largest absolute Gasteiger partial charge is 0.305 e. The van der Waals surface area contributed by atoms with Gasteiger partial charge in [-0.05, 0) is 6.92 Å². The number of aromatic amines is 1. The van der Waals surface area contributed by atoms with Crippen molar-refractivity contribution in [2.75, 3.05) is 0 Å². The van der Waals surface area contributed by atoms with Crippen LogP contribution >= 0.6 is 0 Å². The van der Waals surface area contributed by atoms with Gasteiger partial charge >= 0.3 is 0 Å². The lowest BCUT2D eigenvalue weighted by atomic mass is 10.1. The van der Waals surface area contributed by atoms with Gasteiger partial charge in [0.25, 0.3) is 5.56 Å². The molecule has 0 saturated heterocycles. The van der Waals surface area contributed by atoms with E-state index in [1.54, 1.807) is 18.6 Å². The third kappa shape index (κ3) is 2.47. The van der Waals surface area contributed by atoms with E-state index in [1.807, 2.05) is 31.2 Å². The third-order valence-corrected chi connectivity index (χ3v) is 2.89. The second-order valence-corrected chi connectivity index (χ2v) is 4.44. The quantitative estimate of drug-likeness (QED) is 0.770. The van der Waals surface area contributed by atoms with Gasteiger partial charge in [0.2, 0.25) is 0 Å². The summed E-state index contributed by atoms with van der Waals surface area (Å²) >= 11 is 0. The Morgan fingerprint density at radius 1 is 1.05 bits per heavy atom. The number of nitrogens with zero attached hydrogens (tertiary/aromatic N) is 3. The van der Waals surface area contributed by atoms with Crippen LogP contribution in [0.2, 0.25) is 0 Å². The van der Waals surface area contributed by atoms with Gasteiger partial charge in [0.05, 0.1) is 11.9 Å². The summed E-state index contributed by atoms with van der Waals surface area (Å²) < 4.78 is 0. The highest BCUT2D eigenvalue weighted by Gasteiger charge is 2.07. The molecule has 1 N–H and O–H groups in total. The van der Waals surface area contributed by atoms with Gasteiger partial charge in [0, 0.05) is 24.0 Å². The van der Waals surface area contributed by atoms with Crippen molar-refractivity contribution in [1.82, 2.24) is 19.9 Å². The highest BCUT2D eigenvalue weighted by atomic mass is 16.1. The minimum atomic E-state index is -0.212. The molecule has 98 valence electrons. The van der Waals surface area contributed by atoms with E-state index in [0.717, 1.165) is 11.1 Å². The summed E-state index contributed by atoms with van der Waals surface area (Å²) in [5, 5.41) is 0. The predicted molar refractivity (Wildman–Crippen MR) is 76.1 cm³/mol. The molecule has 5 heteroatoms. The summed E-state index contributed by atoms with van der Waals surface area (Å²) in [4.78, 5) is 27.0. The molecule has 0 aliphatic carbocycles. The zero-order valence-corrected chi connectivity index (χ0v) is 10.9. The lowest BCUT2D eigenvalue weighted by molar-refractivity contribution is 1.09. The number of nitrogens with one attached hydrogen (secondary N) is 1. The molecule has 3 rings (SSSR count). The number of benzene rings is 1. The van der Waals surface area contributed by atoms with Gasteiger partial charge in [0.1, 0.15) is 5.69 Å². The van der Waals surface area contributed by atoms with E-state index >= 15 is 0 Å². The van der Waals surface area contributed by atoms with Gasteiger partial charge in [-0.15, -0.1) is 0 Å².